The highest BCUT2D eigenvalue weighted by Crippen LogP contribution is 2.27. The molecule has 0 aromatic carbocycles. The molecule has 1 N–H and O–H groups in total. The van der Waals surface area contributed by atoms with Crippen LogP contribution in [0.2, 0.25) is 0 Å². The molecule has 0 radical (unpaired) electrons. The molecule has 0 fully saturated rings. The molecule has 2 aromatic heterocycles. The van der Waals surface area contributed by atoms with Gasteiger partial charge in [0.25, 0.3) is 5.91 Å². The van der Waals surface area contributed by atoms with Crippen molar-refractivity contribution in [3.8, 4) is 0 Å². The third-order valence-electron chi connectivity index (χ3n) is 2.25. The summed E-state index contributed by atoms with van der Waals surface area (Å²) in [5.41, 5.74) is 1.09. The first-order valence-electron chi connectivity index (χ1n) is 5.04. The standard InChI is InChI=1S/C11H11BrN2OS2/c1-6-5-8(17-9(6)12)10(15)14-7(2)11-13-3-4-16-11/h3-5,7H,1-2H3,(H,14,15). The Morgan fingerprint density at radius 3 is 2.88 bits per heavy atom. The number of aromatic nitrogens is 1. The Bertz CT molecular complexity index is 502. The van der Waals surface area contributed by atoms with E-state index in [0.717, 1.165) is 19.2 Å². The highest BCUT2D eigenvalue weighted by atomic mass is 79.9. The van der Waals surface area contributed by atoms with Gasteiger partial charge in [-0.15, -0.1) is 22.7 Å². The number of thiazole rings is 1. The van der Waals surface area contributed by atoms with Crippen molar-refractivity contribution in [2.24, 2.45) is 0 Å². The van der Waals surface area contributed by atoms with Gasteiger partial charge in [0.15, 0.2) is 0 Å². The lowest BCUT2D eigenvalue weighted by atomic mass is 10.3. The Labute approximate surface area is 116 Å². The van der Waals surface area contributed by atoms with Gasteiger partial charge in [0, 0.05) is 11.6 Å². The molecule has 0 aliphatic rings. The summed E-state index contributed by atoms with van der Waals surface area (Å²) >= 11 is 6.41. The molecule has 2 aromatic rings. The van der Waals surface area contributed by atoms with Crippen molar-refractivity contribution in [3.63, 3.8) is 0 Å². The van der Waals surface area contributed by atoms with Crippen molar-refractivity contribution in [3.05, 3.63) is 36.9 Å². The summed E-state index contributed by atoms with van der Waals surface area (Å²) < 4.78 is 1.00. The van der Waals surface area contributed by atoms with Crippen LogP contribution >= 0.6 is 38.6 Å². The molecule has 0 saturated heterocycles. The zero-order chi connectivity index (χ0) is 12.4. The van der Waals surface area contributed by atoms with Gasteiger partial charge in [-0.25, -0.2) is 4.98 Å². The Morgan fingerprint density at radius 2 is 2.35 bits per heavy atom. The fraction of sp³-hybridized carbons (Fsp3) is 0.273. The maximum Gasteiger partial charge on any atom is 0.261 e. The number of halogens is 1. The Morgan fingerprint density at radius 1 is 1.59 bits per heavy atom. The van der Waals surface area contributed by atoms with E-state index < -0.39 is 0 Å². The topological polar surface area (TPSA) is 42.0 Å². The van der Waals surface area contributed by atoms with Gasteiger partial charge in [0.2, 0.25) is 0 Å². The lowest BCUT2D eigenvalue weighted by Crippen LogP contribution is -2.25. The van der Waals surface area contributed by atoms with Gasteiger partial charge in [-0.2, -0.15) is 0 Å². The highest BCUT2D eigenvalue weighted by molar-refractivity contribution is 9.11. The summed E-state index contributed by atoms with van der Waals surface area (Å²) in [5, 5.41) is 5.77. The maximum atomic E-state index is 12.0. The third-order valence-corrected chi connectivity index (χ3v) is 5.34. The first kappa shape index (κ1) is 12.7. The summed E-state index contributed by atoms with van der Waals surface area (Å²) in [6.07, 6.45) is 1.74. The number of carbonyl (C=O) groups excluding carboxylic acids is 1. The molecule has 2 rings (SSSR count). The van der Waals surface area contributed by atoms with Crippen molar-refractivity contribution in [2.45, 2.75) is 19.9 Å². The van der Waals surface area contributed by atoms with Crippen LogP contribution in [0.3, 0.4) is 0 Å². The molecule has 0 aliphatic heterocycles. The predicted molar refractivity (Wildman–Crippen MR) is 74.8 cm³/mol. The molecular weight excluding hydrogens is 320 g/mol. The van der Waals surface area contributed by atoms with Gasteiger partial charge < -0.3 is 5.32 Å². The average molecular weight is 331 g/mol. The lowest BCUT2D eigenvalue weighted by molar-refractivity contribution is 0.0944. The van der Waals surface area contributed by atoms with Crippen LogP contribution in [0.5, 0.6) is 0 Å². The van der Waals surface area contributed by atoms with Crippen molar-refractivity contribution in [1.82, 2.24) is 10.3 Å². The number of hydrogen-bond acceptors (Lipinski definition) is 4. The lowest BCUT2D eigenvalue weighted by Gasteiger charge is -2.09. The van der Waals surface area contributed by atoms with Crippen LogP contribution < -0.4 is 5.32 Å². The second-order valence-electron chi connectivity index (χ2n) is 3.63. The van der Waals surface area contributed by atoms with Crippen molar-refractivity contribution in [2.75, 3.05) is 0 Å². The van der Waals surface area contributed by atoms with Gasteiger partial charge in [-0.05, 0) is 41.4 Å². The number of nitrogens with one attached hydrogen (secondary N) is 1. The van der Waals surface area contributed by atoms with Crippen LogP contribution in [0.25, 0.3) is 0 Å². The van der Waals surface area contributed by atoms with E-state index in [1.54, 1.807) is 17.5 Å². The molecular formula is C11H11BrN2OS2. The number of carbonyl (C=O) groups is 1. The average Bonchev–Trinajstić information content (AvgIpc) is 2.89. The van der Waals surface area contributed by atoms with Crippen LogP contribution in [0.15, 0.2) is 21.4 Å². The third kappa shape index (κ3) is 2.94. The Balaban J connectivity index is 2.07. The molecule has 0 saturated carbocycles. The molecule has 90 valence electrons. The first-order valence-corrected chi connectivity index (χ1v) is 7.53. The van der Waals surface area contributed by atoms with Crippen molar-refractivity contribution in [1.29, 1.82) is 0 Å². The van der Waals surface area contributed by atoms with E-state index in [0.29, 0.717) is 0 Å². The van der Waals surface area contributed by atoms with Crippen LogP contribution in [0.1, 0.15) is 33.2 Å². The van der Waals surface area contributed by atoms with E-state index in [-0.39, 0.29) is 11.9 Å². The maximum absolute atomic E-state index is 12.0. The summed E-state index contributed by atoms with van der Waals surface area (Å²) in [6.45, 7) is 3.91. The van der Waals surface area contributed by atoms with Crippen LogP contribution in [-0.4, -0.2) is 10.9 Å². The highest BCUT2D eigenvalue weighted by Gasteiger charge is 2.15. The van der Waals surface area contributed by atoms with E-state index in [4.69, 9.17) is 0 Å². The largest absolute Gasteiger partial charge is 0.342 e. The zero-order valence-electron chi connectivity index (χ0n) is 9.36. The minimum atomic E-state index is -0.0521. The van der Waals surface area contributed by atoms with Gasteiger partial charge in [0.05, 0.1) is 14.7 Å². The SMILES string of the molecule is Cc1cc(C(=O)NC(C)c2nccs2)sc1Br. The normalized spacial score (nSPS) is 12.4. The summed E-state index contributed by atoms with van der Waals surface area (Å²) in [7, 11) is 0. The van der Waals surface area contributed by atoms with Crippen LogP contribution in [-0.2, 0) is 0 Å². The Hall–Kier alpha value is -0.720. The van der Waals surface area contributed by atoms with E-state index >= 15 is 0 Å². The first-order chi connectivity index (χ1) is 8.08. The van der Waals surface area contributed by atoms with Crippen molar-refractivity contribution < 1.29 is 4.79 Å². The smallest absolute Gasteiger partial charge is 0.261 e. The van der Waals surface area contributed by atoms with E-state index in [1.807, 2.05) is 25.3 Å². The van der Waals surface area contributed by atoms with E-state index in [2.05, 4.69) is 26.2 Å². The molecule has 2 heterocycles. The minimum absolute atomic E-state index is 0.0495. The molecule has 1 amide bonds. The molecule has 0 spiro atoms. The quantitative estimate of drug-likeness (QED) is 0.930. The molecule has 6 heteroatoms. The molecule has 1 atom stereocenters. The predicted octanol–water partition coefficient (Wildman–Crippen LogP) is 3.77. The van der Waals surface area contributed by atoms with E-state index in [9.17, 15) is 4.79 Å². The fourth-order valence-electron chi connectivity index (χ4n) is 1.35. The number of rotatable bonds is 3. The minimum Gasteiger partial charge on any atom is -0.342 e. The van der Waals surface area contributed by atoms with Gasteiger partial charge >= 0.3 is 0 Å². The number of amides is 1. The summed E-state index contributed by atoms with van der Waals surface area (Å²) in [6, 6.07) is 1.84. The van der Waals surface area contributed by atoms with Crippen LogP contribution in [0.4, 0.5) is 0 Å². The zero-order valence-corrected chi connectivity index (χ0v) is 12.6. The molecule has 1 unspecified atom stereocenters. The second kappa shape index (κ2) is 5.29. The Kier molecular flexibility index (Phi) is 3.96. The van der Waals surface area contributed by atoms with Gasteiger partial charge in [0.1, 0.15) is 5.01 Å². The van der Waals surface area contributed by atoms with Crippen LogP contribution in [0, 0.1) is 6.92 Å². The molecule has 0 bridgehead atoms. The van der Waals surface area contributed by atoms with Crippen molar-refractivity contribution >= 4 is 44.5 Å². The van der Waals surface area contributed by atoms with Gasteiger partial charge in [-0.3, -0.25) is 4.79 Å². The number of aryl methyl sites for hydroxylation is 1. The number of hydrogen-bond donors (Lipinski definition) is 1. The van der Waals surface area contributed by atoms with Gasteiger partial charge in [-0.1, -0.05) is 0 Å². The molecule has 17 heavy (non-hydrogen) atoms. The molecule has 0 aliphatic carbocycles. The van der Waals surface area contributed by atoms with E-state index in [1.165, 1.54) is 11.3 Å². The fourth-order valence-corrected chi connectivity index (χ4v) is 3.43. The molecule has 3 nitrogen and oxygen atoms in total. The monoisotopic (exact) mass is 330 g/mol. The summed E-state index contributed by atoms with van der Waals surface area (Å²) in [5.74, 6) is -0.0495. The second-order valence-corrected chi connectivity index (χ2v) is 6.93. The summed E-state index contributed by atoms with van der Waals surface area (Å²) in [4.78, 5) is 16.9. The number of nitrogens with zero attached hydrogens (tertiary/aromatic N) is 1. The number of thiophene rings is 1.